The minimum atomic E-state index is -0.892. The zero-order valence-corrected chi connectivity index (χ0v) is 22.6. The summed E-state index contributed by atoms with van der Waals surface area (Å²) < 4.78 is 5.29. The largest absolute Gasteiger partial charge is 0.464 e. The van der Waals surface area contributed by atoms with Crippen molar-refractivity contribution in [1.29, 1.82) is 0 Å². The lowest BCUT2D eigenvalue weighted by Gasteiger charge is -2.18. The second-order valence-electron chi connectivity index (χ2n) is 9.33. The number of carbonyl (C=O) groups excluding carboxylic acids is 3. The minimum Gasteiger partial charge on any atom is -0.464 e. The van der Waals surface area contributed by atoms with Gasteiger partial charge >= 0.3 is 5.97 Å². The van der Waals surface area contributed by atoms with Gasteiger partial charge in [0.15, 0.2) is 0 Å². The van der Waals surface area contributed by atoms with Crippen LogP contribution in [0.3, 0.4) is 0 Å². The van der Waals surface area contributed by atoms with E-state index in [0.29, 0.717) is 6.61 Å². The van der Waals surface area contributed by atoms with Crippen molar-refractivity contribution < 1.29 is 19.1 Å². The molecule has 0 aromatic carbocycles. The molecule has 0 spiro atoms. The molecule has 0 fully saturated rings. The summed E-state index contributed by atoms with van der Waals surface area (Å²) in [6, 6.07) is -1.63. The van der Waals surface area contributed by atoms with E-state index < -0.39 is 29.9 Å². The van der Waals surface area contributed by atoms with E-state index >= 15 is 0 Å². The first kappa shape index (κ1) is 34.8. The van der Waals surface area contributed by atoms with Gasteiger partial charge in [-0.25, -0.2) is 4.79 Å². The molecule has 0 aliphatic carbocycles. The summed E-state index contributed by atoms with van der Waals surface area (Å²) in [6.45, 7) is 4.11. The summed E-state index contributed by atoms with van der Waals surface area (Å²) in [6.07, 6.45) is 20.7. The van der Waals surface area contributed by atoms with Crippen molar-refractivity contribution in [3.63, 3.8) is 0 Å². The highest BCUT2D eigenvalue weighted by Gasteiger charge is 2.24. The van der Waals surface area contributed by atoms with E-state index in [9.17, 15) is 14.4 Å². The Morgan fingerprint density at radius 3 is 1.56 bits per heavy atom. The zero-order chi connectivity index (χ0) is 24.7. The van der Waals surface area contributed by atoms with Crippen molar-refractivity contribution in [3.05, 3.63) is 0 Å². The first-order valence-corrected chi connectivity index (χ1v) is 13.4. The van der Waals surface area contributed by atoms with E-state index in [4.69, 9.17) is 16.2 Å². The molecule has 0 heterocycles. The number of carbonyl (C=O) groups is 3. The molecule has 34 heavy (non-hydrogen) atoms. The molecular weight excluding hydrogens is 454 g/mol. The van der Waals surface area contributed by atoms with Crippen molar-refractivity contribution in [2.24, 2.45) is 11.5 Å². The standard InChI is InChI=1S/C26H51N3O4.ClH/c1-3-4-5-6-7-8-9-10-11-12-13-14-15-16-17-18-21-33-26(32)23(19-20-24(28)30)29-25(31)22(2)27;/h22-23H,3-21,27H2,1-2H3,(H2,28,30)(H,29,31);1H/t22-,23+;/m0./s1. The van der Waals surface area contributed by atoms with Crippen molar-refractivity contribution in [1.82, 2.24) is 5.32 Å². The van der Waals surface area contributed by atoms with Gasteiger partial charge in [-0.2, -0.15) is 0 Å². The minimum absolute atomic E-state index is 0. The van der Waals surface area contributed by atoms with E-state index in [1.807, 2.05) is 0 Å². The molecule has 0 unspecified atom stereocenters. The molecule has 7 nitrogen and oxygen atoms in total. The number of unbranched alkanes of at least 4 members (excludes halogenated alkanes) is 15. The number of hydrogen-bond acceptors (Lipinski definition) is 5. The smallest absolute Gasteiger partial charge is 0.328 e. The van der Waals surface area contributed by atoms with Gasteiger partial charge in [-0.3, -0.25) is 9.59 Å². The van der Waals surface area contributed by atoms with Crippen molar-refractivity contribution in [2.45, 2.75) is 142 Å². The number of nitrogens with two attached hydrogens (primary N) is 2. The lowest BCUT2D eigenvalue weighted by atomic mass is 10.0. The fourth-order valence-corrected chi connectivity index (χ4v) is 3.76. The molecule has 0 radical (unpaired) electrons. The van der Waals surface area contributed by atoms with Crippen LogP contribution in [0.15, 0.2) is 0 Å². The third-order valence-electron chi connectivity index (χ3n) is 5.94. The molecule has 2 atom stereocenters. The van der Waals surface area contributed by atoms with Gasteiger partial charge in [-0.1, -0.05) is 103 Å². The molecule has 0 bridgehead atoms. The Kier molecular flexibility index (Phi) is 25.4. The van der Waals surface area contributed by atoms with E-state index in [0.717, 1.165) is 19.3 Å². The van der Waals surface area contributed by atoms with Crippen LogP contribution in [0.4, 0.5) is 0 Å². The second kappa shape index (κ2) is 24.8. The van der Waals surface area contributed by atoms with Crippen molar-refractivity contribution >= 4 is 30.2 Å². The predicted molar refractivity (Wildman–Crippen MR) is 142 cm³/mol. The summed E-state index contributed by atoms with van der Waals surface area (Å²) in [7, 11) is 0. The average Bonchev–Trinajstić information content (AvgIpc) is 2.78. The van der Waals surface area contributed by atoms with Crippen LogP contribution in [0.1, 0.15) is 129 Å². The number of esters is 1. The maximum atomic E-state index is 12.2. The SMILES string of the molecule is CCCCCCCCCCCCCCCCCCOC(=O)[C@@H](CCC(N)=O)NC(=O)[C@H](C)N.Cl. The number of ether oxygens (including phenoxy) is 1. The van der Waals surface area contributed by atoms with Crippen LogP contribution >= 0.6 is 12.4 Å². The second-order valence-corrected chi connectivity index (χ2v) is 9.33. The van der Waals surface area contributed by atoms with Crippen LogP contribution in [0.5, 0.6) is 0 Å². The molecule has 0 saturated heterocycles. The van der Waals surface area contributed by atoms with Crippen molar-refractivity contribution in [3.8, 4) is 0 Å². The summed E-state index contributed by atoms with van der Waals surface area (Å²) in [5, 5.41) is 2.53. The molecule has 0 aliphatic rings. The van der Waals surface area contributed by atoms with Gasteiger partial charge in [-0.05, 0) is 19.8 Å². The number of hydrogen-bond donors (Lipinski definition) is 3. The Balaban J connectivity index is 0. The fraction of sp³-hybridized carbons (Fsp3) is 0.885. The molecule has 202 valence electrons. The summed E-state index contributed by atoms with van der Waals surface area (Å²) in [5.41, 5.74) is 10.7. The van der Waals surface area contributed by atoms with E-state index in [-0.39, 0.29) is 25.2 Å². The Morgan fingerprint density at radius 1 is 0.765 bits per heavy atom. The van der Waals surface area contributed by atoms with Crippen LogP contribution in [0.2, 0.25) is 0 Å². The predicted octanol–water partition coefficient (Wildman–Crippen LogP) is 5.31. The Labute approximate surface area is 214 Å². The van der Waals surface area contributed by atoms with Gasteiger partial charge in [0.25, 0.3) is 0 Å². The summed E-state index contributed by atoms with van der Waals surface area (Å²) >= 11 is 0. The van der Waals surface area contributed by atoms with Gasteiger partial charge in [-0.15, -0.1) is 12.4 Å². The van der Waals surface area contributed by atoms with E-state index in [1.54, 1.807) is 0 Å². The summed E-state index contributed by atoms with van der Waals surface area (Å²) in [4.78, 5) is 35.0. The van der Waals surface area contributed by atoms with E-state index in [2.05, 4.69) is 12.2 Å². The Hall–Kier alpha value is -1.34. The van der Waals surface area contributed by atoms with Crippen LogP contribution in [-0.4, -0.2) is 36.5 Å². The topological polar surface area (TPSA) is 125 Å². The van der Waals surface area contributed by atoms with Crippen molar-refractivity contribution in [2.75, 3.05) is 6.61 Å². The lowest BCUT2D eigenvalue weighted by Crippen LogP contribution is -2.48. The third-order valence-corrected chi connectivity index (χ3v) is 5.94. The Morgan fingerprint density at radius 2 is 1.18 bits per heavy atom. The maximum Gasteiger partial charge on any atom is 0.328 e. The number of primary amides is 1. The number of halogens is 1. The molecule has 0 aromatic rings. The maximum absolute atomic E-state index is 12.2. The van der Waals surface area contributed by atoms with Gasteiger partial charge in [0.2, 0.25) is 11.8 Å². The third kappa shape index (κ3) is 22.5. The van der Waals surface area contributed by atoms with Gasteiger partial charge < -0.3 is 21.5 Å². The molecule has 8 heteroatoms. The van der Waals surface area contributed by atoms with Crippen LogP contribution in [-0.2, 0) is 19.1 Å². The average molecular weight is 506 g/mol. The van der Waals surface area contributed by atoms with E-state index in [1.165, 1.54) is 90.4 Å². The lowest BCUT2D eigenvalue weighted by molar-refractivity contribution is -0.148. The highest BCUT2D eigenvalue weighted by Crippen LogP contribution is 2.13. The van der Waals surface area contributed by atoms with Crippen LogP contribution in [0.25, 0.3) is 0 Å². The number of rotatable bonds is 23. The molecule has 0 saturated carbocycles. The van der Waals surface area contributed by atoms with Gasteiger partial charge in [0, 0.05) is 6.42 Å². The number of amides is 2. The molecule has 0 rings (SSSR count). The number of nitrogens with one attached hydrogen (secondary N) is 1. The van der Waals surface area contributed by atoms with Crippen LogP contribution < -0.4 is 16.8 Å². The first-order valence-electron chi connectivity index (χ1n) is 13.4. The molecule has 0 aliphatic heterocycles. The highest BCUT2D eigenvalue weighted by molar-refractivity contribution is 5.87. The van der Waals surface area contributed by atoms with Gasteiger partial charge in [0.1, 0.15) is 6.04 Å². The Bertz CT molecular complexity index is 518. The molecule has 5 N–H and O–H groups in total. The summed E-state index contributed by atoms with van der Waals surface area (Å²) in [5.74, 6) is -1.52. The quantitative estimate of drug-likeness (QED) is 0.128. The monoisotopic (exact) mass is 505 g/mol. The zero-order valence-electron chi connectivity index (χ0n) is 21.8. The van der Waals surface area contributed by atoms with Gasteiger partial charge in [0.05, 0.1) is 12.6 Å². The molecular formula is C26H52ClN3O4. The fourth-order valence-electron chi connectivity index (χ4n) is 3.76. The molecule has 2 amide bonds. The normalized spacial score (nSPS) is 12.4. The first-order chi connectivity index (χ1) is 15.9. The molecule has 0 aromatic heterocycles. The highest BCUT2D eigenvalue weighted by atomic mass is 35.5. The van der Waals surface area contributed by atoms with Crippen LogP contribution in [0, 0.1) is 0 Å².